The van der Waals surface area contributed by atoms with E-state index in [0.717, 1.165) is 5.69 Å². The number of hydrogen-bond donors (Lipinski definition) is 2. The first-order valence-electron chi connectivity index (χ1n) is 6.12. The molecule has 20 heavy (non-hydrogen) atoms. The highest BCUT2D eigenvalue weighted by Crippen LogP contribution is 2.26. The molecule has 0 amide bonds. The van der Waals surface area contributed by atoms with E-state index in [0.29, 0.717) is 27.5 Å². The fourth-order valence-corrected chi connectivity index (χ4v) is 2.17. The van der Waals surface area contributed by atoms with Crippen LogP contribution in [0, 0.1) is 0 Å². The number of nitrogens with zero attached hydrogens (tertiary/aromatic N) is 2. The van der Waals surface area contributed by atoms with Gasteiger partial charge in [0, 0.05) is 27.2 Å². The Labute approximate surface area is 128 Å². The molecule has 0 aliphatic rings. The summed E-state index contributed by atoms with van der Waals surface area (Å²) in [5.41, 5.74) is 6.39. The summed E-state index contributed by atoms with van der Waals surface area (Å²) in [5, 5.41) is 4.25. The summed E-state index contributed by atoms with van der Waals surface area (Å²) < 4.78 is 0. The van der Waals surface area contributed by atoms with Crippen molar-refractivity contribution in [1.29, 1.82) is 0 Å². The van der Waals surface area contributed by atoms with E-state index in [9.17, 15) is 0 Å². The molecule has 0 unspecified atom stereocenters. The molecule has 2 rings (SSSR count). The Morgan fingerprint density at radius 3 is 2.15 bits per heavy atom. The third kappa shape index (κ3) is 3.74. The van der Waals surface area contributed by atoms with Gasteiger partial charge in [0.05, 0.1) is 0 Å². The monoisotopic (exact) mass is 310 g/mol. The van der Waals surface area contributed by atoms with Crippen molar-refractivity contribution in [3.63, 3.8) is 0 Å². The van der Waals surface area contributed by atoms with Gasteiger partial charge in [-0.2, -0.15) is 0 Å². The maximum atomic E-state index is 5.97. The van der Waals surface area contributed by atoms with Gasteiger partial charge in [0.25, 0.3) is 0 Å². The van der Waals surface area contributed by atoms with E-state index in [1.54, 1.807) is 24.3 Å². The van der Waals surface area contributed by atoms with Gasteiger partial charge < -0.3 is 11.1 Å². The minimum atomic E-state index is -0.183. The second-order valence-corrected chi connectivity index (χ2v) is 6.41. The van der Waals surface area contributed by atoms with Crippen LogP contribution in [0.2, 0.25) is 10.0 Å². The van der Waals surface area contributed by atoms with Crippen molar-refractivity contribution in [2.45, 2.75) is 26.2 Å². The van der Waals surface area contributed by atoms with E-state index in [4.69, 9.17) is 28.9 Å². The second kappa shape index (κ2) is 5.46. The lowest BCUT2D eigenvalue weighted by Gasteiger charge is -2.18. The van der Waals surface area contributed by atoms with Gasteiger partial charge in [0.15, 0.2) is 0 Å². The molecule has 106 valence electrons. The SMILES string of the molecule is CC(C)(C)c1nc(N)cc(Nc2cc(Cl)cc(Cl)c2)n1. The van der Waals surface area contributed by atoms with Gasteiger partial charge >= 0.3 is 0 Å². The molecule has 0 radical (unpaired) electrons. The molecular weight excluding hydrogens is 295 g/mol. The zero-order valence-corrected chi connectivity index (χ0v) is 13.0. The normalized spacial score (nSPS) is 11.4. The molecular formula is C14H16Cl2N4. The molecule has 6 heteroatoms. The zero-order chi connectivity index (χ0) is 14.9. The molecule has 0 fully saturated rings. The molecule has 4 nitrogen and oxygen atoms in total. The van der Waals surface area contributed by atoms with Crippen molar-refractivity contribution in [2.75, 3.05) is 11.1 Å². The third-order valence-corrected chi connectivity index (χ3v) is 2.99. The number of hydrogen-bond acceptors (Lipinski definition) is 4. The van der Waals surface area contributed by atoms with Crippen LogP contribution in [0.25, 0.3) is 0 Å². The summed E-state index contributed by atoms with van der Waals surface area (Å²) in [6, 6.07) is 6.87. The van der Waals surface area contributed by atoms with Crippen molar-refractivity contribution < 1.29 is 0 Å². The van der Waals surface area contributed by atoms with Crippen molar-refractivity contribution in [3.05, 3.63) is 40.1 Å². The molecule has 2 aromatic rings. The van der Waals surface area contributed by atoms with E-state index < -0.39 is 0 Å². The molecule has 0 spiro atoms. The summed E-state index contributed by atoms with van der Waals surface area (Å²) >= 11 is 11.9. The van der Waals surface area contributed by atoms with Crippen molar-refractivity contribution in [1.82, 2.24) is 9.97 Å². The Morgan fingerprint density at radius 1 is 1.00 bits per heavy atom. The Morgan fingerprint density at radius 2 is 1.60 bits per heavy atom. The molecule has 1 heterocycles. The minimum absolute atomic E-state index is 0.183. The Hall–Kier alpha value is -1.52. The Bertz CT molecular complexity index is 615. The van der Waals surface area contributed by atoms with Crippen LogP contribution in [0.4, 0.5) is 17.3 Å². The first kappa shape index (κ1) is 14.9. The molecule has 0 saturated carbocycles. The third-order valence-electron chi connectivity index (χ3n) is 2.55. The molecule has 0 atom stereocenters. The van der Waals surface area contributed by atoms with Crippen molar-refractivity contribution in [2.24, 2.45) is 0 Å². The predicted octanol–water partition coefficient (Wildman–Crippen LogP) is 4.41. The van der Waals surface area contributed by atoms with Crippen LogP contribution in [0.5, 0.6) is 0 Å². The molecule has 1 aromatic heterocycles. The van der Waals surface area contributed by atoms with E-state index in [2.05, 4.69) is 15.3 Å². The topological polar surface area (TPSA) is 63.8 Å². The number of halogens is 2. The summed E-state index contributed by atoms with van der Waals surface area (Å²) in [6.07, 6.45) is 0. The lowest BCUT2D eigenvalue weighted by atomic mass is 9.96. The van der Waals surface area contributed by atoms with Crippen LogP contribution >= 0.6 is 23.2 Å². The fraction of sp³-hybridized carbons (Fsp3) is 0.286. The number of rotatable bonds is 2. The van der Waals surface area contributed by atoms with Gasteiger partial charge in [0.1, 0.15) is 17.5 Å². The molecule has 0 aliphatic carbocycles. The van der Waals surface area contributed by atoms with Crippen LogP contribution < -0.4 is 11.1 Å². The highest BCUT2D eigenvalue weighted by molar-refractivity contribution is 6.35. The highest BCUT2D eigenvalue weighted by Gasteiger charge is 2.18. The maximum absolute atomic E-state index is 5.97. The van der Waals surface area contributed by atoms with Gasteiger partial charge in [-0.1, -0.05) is 44.0 Å². The van der Waals surface area contributed by atoms with Crippen LogP contribution in [-0.2, 0) is 5.41 Å². The van der Waals surface area contributed by atoms with Crippen LogP contribution in [0.15, 0.2) is 24.3 Å². The predicted molar refractivity (Wildman–Crippen MR) is 84.9 cm³/mol. The largest absolute Gasteiger partial charge is 0.384 e. The van der Waals surface area contributed by atoms with E-state index in [1.165, 1.54) is 0 Å². The lowest BCUT2D eigenvalue weighted by molar-refractivity contribution is 0.547. The molecule has 0 aliphatic heterocycles. The highest BCUT2D eigenvalue weighted by atomic mass is 35.5. The average molecular weight is 311 g/mol. The van der Waals surface area contributed by atoms with Crippen molar-refractivity contribution in [3.8, 4) is 0 Å². The van der Waals surface area contributed by atoms with E-state index in [1.807, 2.05) is 20.8 Å². The number of nitrogens with one attached hydrogen (secondary N) is 1. The Kier molecular flexibility index (Phi) is 4.06. The van der Waals surface area contributed by atoms with Gasteiger partial charge in [0.2, 0.25) is 0 Å². The van der Waals surface area contributed by atoms with Gasteiger partial charge in [-0.3, -0.25) is 0 Å². The number of anilines is 3. The molecule has 1 aromatic carbocycles. The molecule has 0 saturated heterocycles. The zero-order valence-electron chi connectivity index (χ0n) is 11.5. The quantitative estimate of drug-likeness (QED) is 0.862. The van der Waals surface area contributed by atoms with Crippen LogP contribution in [0.3, 0.4) is 0 Å². The standard InChI is InChI=1S/C14H16Cl2N4/c1-14(2,3)13-19-11(17)7-12(20-13)18-10-5-8(15)4-9(16)6-10/h4-7H,1-3H3,(H3,17,18,19,20). The van der Waals surface area contributed by atoms with Gasteiger partial charge in [-0.15, -0.1) is 0 Å². The average Bonchev–Trinajstić information content (AvgIpc) is 2.25. The lowest BCUT2D eigenvalue weighted by Crippen LogP contribution is -2.17. The number of nitrogens with two attached hydrogens (primary N) is 1. The second-order valence-electron chi connectivity index (χ2n) is 5.53. The number of nitrogen functional groups attached to an aromatic ring is 1. The maximum Gasteiger partial charge on any atom is 0.138 e. The summed E-state index contributed by atoms with van der Waals surface area (Å²) in [6.45, 7) is 6.09. The smallest absolute Gasteiger partial charge is 0.138 e. The van der Waals surface area contributed by atoms with Gasteiger partial charge in [-0.25, -0.2) is 9.97 Å². The van der Waals surface area contributed by atoms with Crippen molar-refractivity contribution >= 4 is 40.5 Å². The number of aromatic nitrogens is 2. The van der Waals surface area contributed by atoms with E-state index >= 15 is 0 Å². The van der Waals surface area contributed by atoms with Crippen LogP contribution in [0.1, 0.15) is 26.6 Å². The first-order valence-corrected chi connectivity index (χ1v) is 6.88. The summed E-state index contributed by atoms with van der Waals surface area (Å²) in [4.78, 5) is 8.73. The van der Waals surface area contributed by atoms with Gasteiger partial charge in [-0.05, 0) is 18.2 Å². The van der Waals surface area contributed by atoms with E-state index in [-0.39, 0.29) is 5.41 Å². The molecule has 0 bridgehead atoms. The minimum Gasteiger partial charge on any atom is -0.384 e. The summed E-state index contributed by atoms with van der Waals surface area (Å²) in [7, 11) is 0. The Balaban J connectivity index is 2.36. The fourth-order valence-electron chi connectivity index (χ4n) is 1.64. The summed E-state index contributed by atoms with van der Waals surface area (Å²) in [5.74, 6) is 1.70. The van der Waals surface area contributed by atoms with Crippen LogP contribution in [-0.4, -0.2) is 9.97 Å². The number of benzene rings is 1. The molecule has 3 N–H and O–H groups in total. The first-order chi connectivity index (χ1) is 9.24.